The minimum atomic E-state index is -0.833. The number of aliphatic carboxylic acids is 4. The van der Waals surface area contributed by atoms with Crippen LogP contribution in [0.2, 0.25) is 0 Å². The first-order valence-corrected chi connectivity index (χ1v) is 6.67. The molecular weight excluding hydrogens is 324 g/mol. The highest BCUT2D eigenvalue weighted by Crippen LogP contribution is 2.04. The summed E-state index contributed by atoms with van der Waals surface area (Å²) in [6, 6.07) is 0.218. The highest BCUT2D eigenvalue weighted by atomic mass is 16.4. The van der Waals surface area contributed by atoms with Crippen molar-refractivity contribution in [1.29, 1.82) is 0 Å². The van der Waals surface area contributed by atoms with Crippen LogP contribution in [0.1, 0.15) is 54.9 Å². The van der Waals surface area contributed by atoms with Crippen molar-refractivity contribution in [1.82, 2.24) is 0 Å². The van der Waals surface area contributed by atoms with Crippen molar-refractivity contribution in [3.63, 3.8) is 0 Å². The first-order valence-electron chi connectivity index (χ1n) is 6.67. The molecule has 0 spiro atoms. The molecule has 10 nitrogen and oxygen atoms in total. The van der Waals surface area contributed by atoms with Gasteiger partial charge in [0.15, 0.2) is 0 Å². The second-order valence-corrected chi connectivity index (χ2v) is 5.25. The zero-order valence-electron chi connectivity index (χ0n) is 15.4. The average molecular weight is 356 g/mol. The van der Waals surface area contributed by atoms with E-state index < -0.39 is 23.9 Å². The molecule has 0 aromatic heterocycles. The molecule has 10 heteroatoms. The average Bonchev–Trinajstić information content (AvgIpc) is 2.06. The van der Waals surface area contributed by atoms with Gasteiger partial charge in [-0.25, -0.2) is 0 Å². The van der Waals surface area contributed by atoms with Gasteiger partial charge in [0, 0.05) is 39.3 Å². The van der Waals surface area contributed by atoms with Crippen LogP contribution in [0.15, 0.2) is 0 Å². The van der Waals surface area contributed by atoms with Gasteiger partial charge < -0.3 is 31.9 Å². The van der Waals surface area contributed by atoms with E-state index in [1.807, 2.05) is 20.8 Å². The lowest BCUT2D eigenvalue weighted by atomic mass is 9.98. The molecule has 0 amide bonds. The van der Waals surface area contributed by atoms with E-state index in [0.717, 1.165) is 34.1 Å². The van der Waals surface area contributed by atoms with Crippen LogP contribution in [-0.4, -0.2) is 55.9 Å². The summed E-state index contributed by atoms with van der Waals surface area (Å²) in [4.78, 5) is 36.0. The molecule has 0 aliphatic carbocycles. The second kappa shape index (κ2) is 20.8. The van der Waals surface area contributed by atoms with Gasteiger partial charge in [-0.15, -0.1) is 0 Å². The van der Waals surface area contributed by atoms with Crippen LogP contribution in [0, 0.1) is 0 Å². The third-order valence-electron chi connectivity index (χ3n) is 0.848. The summed E-state index contributed by atoms with van der Waals surface area (Å²) in [5.74, 6) is -3.33. The minimum absolute atomic E-state index is 0.103. The van der Waals surface area contributed by atoms with Crippen LogP contribution in [0.3, 0.4) is 0 Å². The maximum Gasteiger partial charge on any atom is 0.300 e. The summed E-state index contributed by atoms with van der Waals surface area (Å²) in [5.41, 5.74) is 11.1. The number of nitrogens with two attached hydrogens (primary N) is 2. The Morgan fingerprint density at radius 2 is 0.917 bits per heavy atom. The van der Waals surface area contributed by atoms with E-state index in [2.05, 4.69) is 0 Å². The van der Waals surface area contributed by atoms with E-state index in [1.54, 1.807) is 0 Å². The van der Waals surface area contributed by atoms with Crippen LogP contribution in [0.4, 0.5) is 0 Å². The lowest BCUT2D eigenvalue weighted by Gasteiger charge is -2.20. The Bertz CT molecular complexity index is 285. The predicted octanol–water partition coefficient (Wildman–Crippen LogP) is 0.825. The number of carboxylic acid groups (broad SMARTS) is 4. The van der Waals surface area contributed by atoms with Crippen molar-refractivity contribution in [2.24, 2.45) is 11.5 Å². The first-order chi connectivity index (χ1) is 10.3. The fourth-order valence-corrected chi connectivity index (χ4v) is 0.830. The number of hydrogen-bond donors (Lipinski definition) is 6. The van der Waals surface area contributed by atoms with E-state index in [4.69, 9.17) is 51.1 Å². The number of carboxylic acids is 4. The minimum Gasteiger partial charge on any atom is -0.481 e. The highest BCUT2D eigenvalue weighted by Gasteiger charge is 2.11. The zero-order valence-corrected chi connectivity index (χ0v) is 15.4. The Hall–Kier alpha value is -2.20. The lowest BCUT2D eigenvalue weighted by Crippen LogP contribution is -2.38. The van der Waals surface area contributed by atoms with E-state index in [0.29, 0.717) is 0 Å². The molecule has 0 bridgehead atoms. The smallest absolute Gasteiger partial charge is 0.300 e. The van der Waals surface area contributed by atoms with E-state index in [1.165, 1.54) is 0 Å². The standard InChI is InChI=1S/C6H16N2.4C2H4O2/c1-5(7)4-6(2,3)8;4*1-2(3)4/h5H,4,7-8H2,1-3H3;4*1H3,(H,3,4). The summed E-state index contributed by atoms with van der Waals surface area (Å²) >= 11 is 0. The Morgan fingerprint density at radius 1 is 0.792 bits per heavy atom. The Morgan fingerprint density at radius 3 is 0.917 bits per heavy atom. The number of rotatable bonds is 2. The van der Waals surface area contributed by atoms with E-state index in [9.17, 15) is 0 Å². The normalized spacial score (nSPS) is 9.54. The summed E-state index contributed by atoms with van der Waals surface area (Å²) in [6.07, 6.45) is 0.882. The predicted molar refractivity (Wildman–Crippen MR) is 89.8 cm³/mol. The fourth-order valence-electron chi connectivity index (χ4n) is 0.830. The van der Waals surface area contributed by atoms with Crippen molar-refractivity contribution in [2.75, 3.05) is 0 Å². The molecule has 0 aliphatic heterocycles. The molecule has 146 valence electrons. The molecule has 24 heavy (non-hydrogen) atoms. The maximum absolute atomic E-state index is 9.00. The van der Waals surface area contributed by atoms with Crippen molar-refractivity contribution >= 4 is 23.9 Å². The molecular formula is C14H32N2O8. The van der Waals surface area contributed by atoms with Crippen molar-refractivity contribution in [3.8, 4) is 0 Å². The lowest BCUT2D eigenvalue weighted by molar-refractivity contribution is -0.135. The van der Waals surface area contributed by atoms with Crippen LogP contribution >= 0.6 is 0 Å². The van der Waals surface area contributed by atoms with Gasteiger partial charge in [0.25, 0.3) is 23.9 Å². The van der Waals surface area contributed by atoms with E-state index >= 15 is 0 Å². The molecule has 0 fully saturated rings. The molecule has 0 saturated heterocycles. The number of carbonyl (C=O) groups is 4. The molecule has 0 aromatic rings. The molecule has 1 unspecified atom stereocenters. The maximum atomic E-state index is 9.00. The third kappa shape index (κ3) is 893. The molecule has 0 radical (unpaired) electrons. The van der Waals surface area contributed by atoms with Gasteiger partial charge in [-0.05, 0) is 27.2 Å². The third-order valence-corrected chi connectivity index (χ3v) is 0.848. The molecule has 0 heterocycles. The number of hydrogen-bond acceptors (Lipinski definition) is 6. The van der Waals surface area contributed by atoms with Crippen molar-refractivity contribution in [3.05, 3.63) is 0 Å². The summed E-state index contributed by atoms with van der Waals surface area (Å²) in [5, 5.41) is 29.7. The molecule has 0 aliphatic rings. The topological polar surface area (TPSA) is 201 Å². The largest absolute Gasteiger partial charge is 0.481 e. The van der Waals surface area contributed by atoms with Gasteiger partial charge in [0.05, 0.1) is 0 Å². The zero-order chi connectivity index (χ0) is 21.1. The molecule has 0 rings (SSSR count). The summed E-state index contributed by atoms with van der Waals surface area (Å²) in [7, 11) is 0. The monoisotopic (exact) mass is 356 g/mol. The molecule has 8 N–H and O–H groups in total. The van der Waals surface area contributed by atoms with Crippen LogP contribution < -0.4 is 11.5 Å². The Labute approximate surface area is 142 Å². The highest BCUT2D eigenvalue weighted by molar-refractivity contribution is 5.63. The van der Waals surface area contributed by atoms with Crippen molar-refractivity contribution in [2.45, 2.75) is 66.5 Å². The molecule has 0 aromatic carbocycles. The van der Waals surface area contributed by atoms with Crippen LogP contribution in [-0.2, 0) is 19.2 Å². The van der Waals surface area contributed by atoms with E-state index in [-0.39, 0.29) is 11.6 Å². The van der Waals surface area contributed by atoms with Crippen molar-refractivity contribution < 1.29 is 39.6 Å². The Kier molecular flexibility index (Phi) is 29.0. The quantitative estimate of drug-likeness (QED) is 0.411. The fraction of sp³-hybridized carbons (Fsp3) is 0.714. The summed E-state index contributed by atoms with van der Waals surface area (Å²) < 4.78 is 0. The summed E-state index contributed by atoms with van der Waals surface area (Å²) in [6.45, 7) is 10.3. The van der Waals surface area contributed by atoms with Gasteiger partial charge in [-0.2, -0.15) is 0 Å². The SMILES string of the molecule is CC(=O)O.CC(=O)O.CC(=O)O.CC(=O)O.CC(N)CC(C)(C)N. The first kappa shape index (κ1) is 33.4. The second-order valence-electron chi connectivity index (χ2n) is 5.25. The van der Waals surface area contributed by atoms with Gasteiger partial charge in [0.1, 0.15) is 0 Å². The Balaban J connectivity index is -0.0000000657. The van der Waals surface area contributed by atoms with Gasteiger partial charge in [-0.1, -0.05) is 0 Å². The van der Waals surface area contributed by atoms with Gasteiger partial charge >= 0.3 is 0 Å². The van der Waals surface area contributed by atoms with Gasteiger partial charge in [0.2, 0.25) is 0 Å². The van der Waals surface area contributed by atoms with Gasteiger partial charge in [-0.3, -0.25) is 19.2 Å². The van der Waals surface area contributed by atoms with Crippen LogP contribution in [0.5, 0.6) is 0 Å². The molecule has 0 saturated carbocycles. The molecule has 1 atom stereocenters. The van der Waals surface area contributed by atoms with Crippen LogP contribution in [0.25, 0.3) is 0 Å².